The Morgan fingerprint density at radius 1 is 1.07 bits per heavy atom. The van der Waals surface area contributed by atoms with Gasteiger partial charge in [-0.25, -0.2) is 14.1 Å². The summed E-state index contributed by atoms with van der Waals surface area (Å²) in [5, 5.41) is 4.51. The summed E-state index contributed by atoms with van der Waals surface area (Å²) in [6.45, 7) is 2.32. The maximum Gasteiger partial charge on any atom is 0.262 e. The highest BCUT2D eigenvalue weighted by atomic mass is 19.1. The number of carbonyl (C=O) groups excluding carboxylic acids is 1. The second kappa shape index (κ2) is 6.15. The number of anilines is 2. The van der Waals surface area contributed by atoms with Gasteiger partial charge in [-0.05, 0) is 31.0 Å². The van der Waals surface area contributed by atoms with Gasteiger partial charge in [0.1, 0.15) is 5.82 Å². The molecule has 0 aromatic carbocycles. The number of hydrogen-bond acceptors (Lipinski definition) is 5. The van der Waals surface area contributed by atoms with Gasteiger partial charge in [0.05, 0.1) is 41.6 Å². The van der Waals surface area contributed by atoms with Gasteiger partial charge in [-0.15, -0.1) is 0 Å². The van der Waals surface area contributed by atoms with Crippen molar-refractivity contribution in [3.05, 3.63) is 60.1 Å². The number of rotatable bonds is 3. The van der Waals surface area contributed by atoms with Gasteiger partial charge in [0.15, 0.2) is 5.82 Å². The lowest BCUT2D eigenvalue weighted by molar-refractivity contribution is 0.0995. The van der Waals surface area contributed by atoms with Gasteiger partial charge in [-0.2, -0.15) is 5.10 Å². The number of aromatic nitrogens is 4. The van der Waals surface area contributed by atoms with Gasteiger partial charge >= 0.3 is 0 Å². The third kappa shape index (κ3) is 2.64. The molecule has 0 spiro atoms. The molecule has 0 unspecified atom stereocenters. The van der Waals surface area contributed by atoms with E-state index in [4.69, 9.17) is 0 Å². The first-order valence-electron chi connectivity index (χ1n) is 8.92. The maximum absolute atomic E-state index is 14.0. The lowest BCUT2D eigenvalue weighted by Gasteiger charge is -2.17. The Morgan fingerprint density at radius 3 is 2.63 bits per heavy atom. The molecule has 1 fully saturated rings. The summed E-state index contributed by atoms with van der Waals surface area (Å²) in [4.78, 5) is 24.6. The topological polar surface area (TPSA) is 67.2 Å². The van der Waals surface area contributed by atoms with Crippen LogP contribution in [-0.2, 0) is 6.54 Å². The minimum absolute atomic E-state index is 0.219. The predicted octanol–water partition coefficient (Wildman–Crippen LogP) is 2.56. The molecular weight excluding hydrogens is 347 g/mol. The van der Waals surface area contributed by atoms with E-state index in [1.807, 2.05) is 12.1 Å². The molecule has 0 aliphatic carbocycles. The monoisotopic (exact) mass is 364 g/mol. The fraction of sp³-hybridized carbons (Fsp3) is 0.263. The lowest BCUT2D eigenvalue weighted by atomic mass is 10.3. The number of hydrogen-bond donors (Lipinski definition) is 0. The Bertz CT molecular complexity index is 1010. The molecular formula is C19H17FN6O. The van der Waals surface area contributed by atoms with Crippen LogP contribution in [0.1, 0.15) is 28.9 Å². The molecule has 0 atom stereocenters. The summed E-state index contributed by atoms with van der Waals surface area (Å²) in [5.41, 5.74) is 2.12. The van der Waals surface area contributed by atoms with Crippen molar-refractivity contribution in [3.8, 4) is 5.69 Å². The smallest absolute Gasteiger partial charge is 0.262 e. The van der Waals surface area contributed by atoms with Gasteiger partial charge in [0, 0.05) is 25.5 Å². The van der Waals surface area contributed by atoms with E-state index in [9.17, 15) is 9.18 Å². The highest BCUT2D eigenvalue weighted by molar-refractivity contribution is 6.09. The van der Waals surface area contributed by atoms with E-state index in [1.54, 1.807) is 17.1 Å². The van der Waals surface area contributed by atoms with Crippen molar-refractivity contribution in [2.75, 3.05) is 22.9 Å². The van der Waals surface area contributed by atoms with E-state index in [2.05, 4.69) is 20.0 Å². The summed E-state index contributed by atoms with van der Waals surface area (Å²) in [7, 11) is 0. The van der Waals surface area contributed by atoms with Crippen LogP contribution in [0.5, 0.6) is 0 Å². The van der Waals surface area contributed by atoms with Crippen LogP contribution in [0.2, 0.25) is 0 Å². The highest BCUT2D eigenvalue weighted by Crippen LogP contribution is 2.29. The first-order valence-corrected chi connectivity index (χ1v) is 8.92. The molecule has 1 amide bonds. The molecule has 7 nitrogen and oxygen atoms in total. The van der Waals surface area contributed by atoms with Gasteiger partial charge < -0.3 is 4.90 Å². The third-order valence-electron chi connectivity index (χ3n) is 5.04. The molecule has 1 saturated heterocycles. The number of fused-ring (bicyclic) bond motifs is 1. The van der Waals surface area contributed by atoms with Gasteiger partial charge in [-0.1, -0.05) is 0 Å². The number of carbonyl (C=O) groups is 1. The molecule has 2 aliphatic heterocycles. The van der Waals surface area contributed by atoms with Crippen molar-refractivity contribution in [3.63, 3.8) is 0 Å². The van der Waals surface area contributed by atoms with E-state index in [0.717, 1.165) is 30.8 Å². The first-order chi connectivity index (χ1) is 13.2. The Hall–Kier alpha value is -3.29. The molecule has 0 bridgehead atoms. The van der Waals surface area contributed by atoms with Crippen molar-refractivity contribution in [2.24, 2.45) is 0 Å². The summed E-state index contributed by atoms with van der Waals surface area (Å²) < 4.78 is 15.6. The van der Waals surface area contributed by atoms with Crippen molar-refractivity contribution in [1.82, 2.24) is 19.7 Å². The molecule has 5 rings (SSSR count). The quantitative estimate of drug-likeness (QED) is 0.715. The van der Waals surface area contributed by atoms with E-state index >= 15 is 0 Å². The normalized spacial score (nSPS) is 16.3. The van der Waals surface area contributed by atoms with E-state index < -0.39 is 5.82 Å². The van der Waals surface area contributed by atoms with Crippen molar-refractivity contribution in [1.29, 1.82) is 0 Å². The van der Waals surface area contributed by atoms with Crippen LogP contribution >= 0.6 is 0 Å². The van der Waals surface area contributed by atoms with E-state index in [-0.39, 0.29) is 18.1 Å². The van der Waals surface area contributed by atoms with Crippen LogP contribution in [0.15, 0.2) is 43.0 Å². The average molecular weight is 364 g/mol. The van der Waals surface area contributed by atoms with Crippen molar-refractivity contribution < 1.29 is 9.18 Å². The Morgan fingerprint density at radius 2 is 1.93 bits per heavy atom. The summed E-state index contributed by atoms with van der Waals surface area (Å²) in [6.07, 6.45) is 8.42. The summed E-state index contributed by atoms with van der Waals surface area (Å²) in [5.74, 6) is 0.180. The average Bonchev–Trinajstić information content (AvgIpc) is 3.41. The highest BCUT2D eigenvalue weighted by Gasteiger charge is 2.33. The predicted molar refractivity (Wildman–Crippen MR) is 97.5 cm³/mol. The van der Waals surface area contributed by atoms with E-state index in [0.29, 0.717) is 11.3 Å². The minimum Gasteiger partial charge on any atom is -0.357 e. The zero-order valence-corrected chi connectivity index (χ0v) is 14.5. The number of pyridine rings is 2. The lowest BCUT2D eigenvalue weighted by Crippen LogP contribution is -2.25. The van der Waals surface area contributed by atoms with Crippen LogP contribution in [-0.4, -0.2) is 38.7 Å². The molecule has 27 heavy (non-hydrogen) atoms. The van der Waals surface area contributed by atoms with Crippen molar-refractivity contribution >= 4 is 17.4 Å². The Balaban J connectivity index is 1.40. The van der Waals surface area contributed by atoms with E-state index in [1.165, 1.54) is 30.0 Å². The minimum atomic E-state index is -0.523. The molecule has 0 saturated carbocycles. The van der Waals surface area contributed by atoms with Crippen LogP contribution in [0.25, 0.3) is 5.69 Å². The van der Waals surface area contributed by atoms with Gasteiger partial charge in [0.2, 0.25) is 0 Å². The standard InChI is InChI=1S/C19H17FN6O/c20-15-10-21-6-5-17(15)25-12-16-14(19(25)27)11-26(23-16)13-3-4-18(22-9-13)24-7-1-2-8-24/h3-6,9-11H,1-2,7-8,12H2. The second-order valence-electron chi connectivity index (χ2n) is 6.72. The zero-order valence-electron chi connectivity index (χ0n) is 14.5. The summed E-state index contributed by atoms with van der Waals surface area (Å²) in [6, 6.07) is 5.43. The Kier molecular flexibility index (Phi) is 3.63. The van der Waals surface area contributed by atoms with Gasteiger partial charge in [0.25, 0.3) is 5.91 Å². The van der Waals surface area contributed by atoms with Crippen molar-refractivity contribution in [2.45, 2.75) is 19.4 Å². The fourth-order valence-electron chi connectivity index (χ4n) is 3.63. The van der Waals surface area contributed by atoms with Crippen LogP contribution < -0.4 is 9.80 Å². The fourth-order valence-corrected chi connectivity index (χ4v) is 3.63. The molecule has 136 valence electrons. The van der Waals surface area contributed by atoms with Gasteiger partial charge in [-0.3, -0.25) is 14.7 Å². The van der Waals surface area contributed by atoms with Crippen LogP contribution in [0.4, 0.5) is 15.9 Å². The first kappa shape index (κ1) is 15.9. The number of nitrogens with zero attached hydrogens (tertiary/aromatic N) is 6. The second-order valence-corrected chi connectivity index (χ2v) is 6.72. The third-order valence-corrected chi connectivity index (χ3v) is 5.04. The summed E-state index contributed by atoms with van der Waals surface area (Å²) >= 11 is 0. The SMILES string of the molecule is O=C1c2cn(-c3ccc(N4CCCC4)nc3)nc2CN1c1ccncc1F. The maximum atomic E-state index is 14.0. The van der Waals surface area contributed by atoms with Crippen LogP contribution in [0.3, 0.4) is 0 Å². The zero-order chi connectivity index (χ0) is 18.4. The molecule has 5 heterocycles. The molecule has 0 radical (unpaired) electrons. The molecule has 3 aromatic rings. The molecule has 3 aromatic heterocycles. The largest absolute Gasteiger partial charge is 0.357 e. The van der Waals surface area contributed by atoms with Crippen LogP contribution in [0, 0.1) is 5.82 Å². The molecule has 0 N–H and O–H groups in total. The molecule has 8 heteroatoms. The number of amides is 1. The molecule has 2 aliphatic rings. The Labute approximate surface area is 155 Å². The number of halogens is 1.